The van der Waals surface area contributed by atoms with Crippen LogP contribution in [0, 0.1) is 5.92 Å². The maximum atomic E-state index is 9.29. The number of aromatic hydroxyl groups is 1. The number of nitrogens with two attached hydrogens (primary N) is 1. The number of rotatable bonds is 2. The molecular formula is C13H17NO. The topological polar surface area (TPSA) is 46.2 Å². The summed E-state index contributed by atoms with van der Waals surface area (Å²) in [5.41, 5.74) is 7.71. The number of hydrogen-bond acceptors (Lipinski definition) is 2. The molecule has 0 bridgehead atoms. The number of phenols is 1. The van der Waals surface area contributed by atoms with Crippen molar-refractivity contribution >= 4 is 0 Å². The summed E-state index contributed by atoms with van der Waals surface area (Å²) in [5, 5.41) is 9.29. The lowest BCUT2D eigenvalue weighted by molar-refractivity contribution is 0.240. The van der Waals surface area contributed by atoms with Gasteiger partial charge in [-0.2, -0.15) is 0 Å². The van der Waals surface area contributed by atoms with E-state index < -0.39 is 0 Å². The summed E-state index contributed by atoms with van der Waals surface area (Å²) >= 11 is 0. The number of benzene rings is 1. The molecule has 80 valence electrons. The van der Waals surface area contributed by atoms with Crippen molar-refractivity contribution < 1.29 is 5.11 Å². The van der Waals surface area contributed by atoms with Gasteiger partial charge in [0.1, 0.15) is 5.75 Å². The highest BCUT2D eigenvalue weighted by molar-refractivity contribution is 5.40. The zero-order valence-corrected chi connectivity index (χ0v) is 8.82. The minimum absolute atomic E-state index is 0.256. The van der Waals surface area contributed by atoms with Gasteiger partial charge >= 0.3 is 0 Å². The second kappa shape index (κ2) is 2.99. The molecule has 2 nitrogen and oxygen atoms in total. The lowest BCUT2D eigenvalue weighted by Gasteiger charge is -2.35. The van der Waals surface area contributed by atoms with Crippen LogP contribution in [0.25, 0.3) is 0 Å². The van der Waals surface area contributed by atoms with E-state index in [4.69, 9.17) is 5.73 Å². The molecule has 3 N–H and O–H groups in total. The molecule has 1 aromatic rings. The Kier molecular flexibility index (Phi) is 1.84. The largest absolute Gasteiger partial charge is 0.508 e. The van der Waals surface area contributed by atoms with Crippen LogP contribution < -0.4 is 5.73 Å². The van der Waals surface area contributed by atoms with Crippen LogP contribution in [0.1, 0.15) is 31.2 Å². The monoisotopic (exact) mass is 203 g/mol. The molecular weight excluding hydrogens is 186 g/mol. The van der Waals surface area contributed by atoms with Crippen LogP contribution in [0.4, 0.5) is 0 Å². The average Bonchev–Trinajstić information content (AvgIpc) is 2.76. The van der Waals surface area contributed by atoms with Crippen LogP contribution in [-0.2, 0) is 5.41 Å². The molecule has 15 heavy (non-hydrogen) atoms. The summed E-state index contributed by atoms with van der Waals surface area (Å²) in [5.74, 6) is 1.13. The lowest BCUT2D eigenvalue weighted by Crippen LogP contribution is -2.32. The lowest BCUT2D eigenvalue weighted by atomic mass is 9.70. The van der Waals surface area contributed by atoms with E-state index in [1.807, 2.05) is 12.1 Å². The Balaban J connectivity index is 1.93. The molecule has 2 atom stereocenters. The Bertz CT molecular complexity index is 369. The van der Waals surface area contributed by atoms with Gasteiger partial charge in [0.2, 0.25) is 0 Å². The Labute approximate surface area is 90.1 Å². The molecule has 2 aliphatic rings. The first kappa shape index (κ1) is 9.22. The van der Waals surface area contributed by atoms with Crippen molar-refractivity contribution in [2.45, 2.75) is 37.1 Å². The Hall–Kier alpha value is -1.02. The summed E-state index contributed by atoms with van der Waals surface area (Å²) in [6, 6.07) is 7.98. The van der Waals surface area contributed by atoms with Gasteiger partial charge in [-0.25, -0.2) is 0 Å². The third-order valence-corrected chi connectivity index (χ3v) is 4.30. The summed E-state index contributed by atoms with van der Waals surface area (Å²) in [6.45, 7) is 0. The van der Waals surface area contributed by atoms with E-state index in [-0.39, 0.29) is 5.41 Å². The molecule has 1 aromatic carbocycles. The molecule has 0 saturated heterocycles. The molecule has 3 rings (SSSR count). The summed E-state index contributed by atoms with van der Waals surface area (Å²) in [6.07, 6.45) is 5.14. The third kappa shape index (κ3) is 1.21. The predicted molar refractivity (Wildman–Crippen MR) is 59.7 cm³/mol. The molecule has 0 aromatic heterocycles. The van der Waals surface area contributed by atoms with Crippen LogP contribution in [0.2, 0.25) is 0 Å². The van der Waals surface area contributed by atoms with Crippen molar-refractivity contribution in [2.75, 3.05) is 0 Å². The Morgan fingerprint density at radius 3 is 2.20 bits per heavy atom. The summed E-state index contributed by atoms with van der Waals surface area (Å²) < 4.78 is 0. The number of hydrogen-bond donors (Lipinski definition) is 2. The molecule has 2 saturated carbocycles. The first-order valence-corrected chi connectivity index (χ1v) is 5.78. The van der Waals surface area contributed by atoms with Crippen molar-refractivity contribution in [3.05, 3.63) is 29.8 Å². The molecule has 0 amide bonds. The smallest absolute Gasteiger partial charge is 0.115 e. The predicted octanol–water partition coefficient (Wildman–Crippen LogP) is 2.16. The molecule has 0 radical (unpaired) electrons. The van der Waals surface area contributed by atoms with Gasteiger partial charge < -0.3 is 10.8 Å². The van der Waals surface area contributed by atoms with Gasteiger partial charge in [-0.05, 0) is 42.9 Å². The van der Waals surface area contributed by atoms with E-state index in [0.29, 0.717) is 11.8 Å². The van der Waals surface area contributed by atoms with Crippen molar-refractivity contribution in [3.8, 4) is 5.75 Å². The highest BCUT2D eigenvalue weighted by Crippen LogP contribution is 2.58. The van der Waals surface area contributed by atoms with Crippen molar-refractivity contribution in [1.82, 2.24) is 0 Å². The zero-order valence-electron chi connectivity index (χ0n) is 8.82. The van der Waals surface area contributed by atoms with Crippen LogP contribution in [0.5, 0.6) is 5.75 Å². The molecule has 1 unspecified atom stereocenters. The minimum atomic E-state index is 0.256. The van der Waals surface area contributed by atoms with Crippen LogP contribution in [-0.4, -0.2) is 11.1 Å². The standard InChI is InChI=1S/C13H17NO/c14-12-8-13(12,9-2-1-3-9)10-4-6-11(15)7-5-10/h4-7,9,12,15H,1-3,8,14H2/t12-,13?/m1/s1. The van der Waals surface area contributed by atoms with Crippen LogP contribution in [0.15, 0.2) is 24.3 Å². The Morgan fingerprint density at radius 2 is 1.80 bits per heavy atom. The van der Waals surface area contributed by atoms with E-state index in [0.717, 1.165) is 12.3 Å². The average molecular weight is 203 g/mol. The van der Waals surface area contributed by atoms with Crippen molar-refractivity contribution in [3.63, 3.8) is 0 Å². The molecule has 0 heterocycles. The quantitative estimate of drug-likeness (QED) is 0.773. The van der Waals surface area contributed by atoms with Gasteiger partial charge in [0.05, 0.1) is 0 Å². The second-order valence-corrected chi connectivity index (χ2v) is 5.03. The summed E-state index contributed by atoms with van der Waals surface area (Å²) in [7, 11) is 0. The molecule has 2 fully saturated rings. The van der Waals surface area contributed by atoms with Gasteiger partial charge in [0, 0.05) is 11.5 Å². The molecule has 2 aliphatic carbocycles. The zero-order chi connectivity index (χ0) is 10.5. The highest BCUT2D eigenvalue weighted by Gasteiger charge is 2.59. The van der Waals surface area contributed by atoms with E-state index in [1.54, 1.807) is 12.1 Å². The highest BCUT2D eigenvalue weighted by atomic mass is 16.3. The van der Waals surface area contributed by atoms with Crippen LogP contribution in [0.3, 0.4) is 0 Å². The van der Waals surface area contributed by atoms with Gasteiger partial charge in [-0.3, -0.25) is 0 Å². The van der Waals surface area contributed by atoms with Gasteiger partial charge in [-0.1, -0.05) is 18.6 Å². The molecule has 0 spiro atoms. The van der Waals surface area contributed by atoms with E-state index in [2.05, 4.69) is 0 Å². The minimum Gasteiger partial charge on any atom is -0.508 e. The van der Waals surface area contributed by atoms with Gasteiger partial charge in [-0.15, -0.1) is 0 Å². The normalized spacial score (nSPS) is 34.9. The maximum Gasteiger partial charge on any atom is 0.115 e. The van der Waals surface area contributed by atoms with Crippen molar-refractivity contribution in [1.29, 1.82) is 0 Å². The van der Waals surface area contributed by atoms with E-state index >= 15 is 0 Å². The number of phenolic OH excluding ortho intramolecular Hbond substituents is 1. The molecule has 2 heteroatoms. The van der Waals surface area contributed by atoms with Gasteiger partial charge in [0.25, 0.3) is 0 Å². The van der Waals surface area contributed by atoms with Crippen molar-refractivity contribution in [2.24, 2.45) is 11.7 Å². The SMILES string of the molecule is N[C@@H]1CC1(c1ccc(O)cc1)C1CCC1. The fourth-order valence-electron chi connectivity index (χ4n) is 3.04. The van der Waals surface area contributed by atoms with E-state index in [9.17, 15) is 5.11 Å². The first-order valence-electron chi connectivity index (χ1n) is 5.78. The van der Waals surface area contributed by atoms with E-state index in [1.165, 1.54) is 24.8 Å². The molecule has 0 aliphatic heterocycles. The third-order valence-electron chi connectivity index (χ3n) is 4.30. The fraction of sp³-hybridized carbons (Fsp3) is 0.538. The summed E-state index contributed by atoms with van der Waals surface area (Å²) in [4.78, 5) is 0. The van der Waals surface area contributed by atoms with Crippen LogP contribution >= 0.6 is 0 Å². The fourth-order valence-corrected chi connectivity index (χ4v) is 3.04. The Morgan fingerprint density at radius 1 is 1.20 bits per heavy atom. The second-order valence-electron chi connectivity index (χ2n) is 5.03. The van der Waals surface area contributed by atoms with Gasteiger partial charge in [0.15, 0.2) is 0 Å². The maximum absolute atomic E-state index is 9.29. The first-order chi connectivity index (χ1) is 7.23.